The Kier molecular flexibility index (Phi) is 5.49. The molecule has 0 saturated carbocycles. The average molecular weight is 280 g/mol. The molecule has 0 atom stereocenters. The van der Waals surface area contributed by atoms with E-state index in [1.54, 1.807) is 4.90 Å². The van der Waals surface area contributed by atoms with Gasteiger partial charge < -0.3 is 9.64 Å². The number of nitro groups is 1. The molecular formula is C14H20N2O4. The highest BCUT2D eigenvalue weighted by atomic mass is 16.6. The van der Waals surface area contributed by atoms with Crippen LogP contribution in [0.4, 0.5) is 5.69 Å². The van der Waals surface area contributed by atoms with Crippen molar-refractivity contribution in [2.24, 2.45) is 0 Å². The van der Waals surface area contributed by atoms with Crippen LogP contribution >= 0.6 is 0 Å². The molecule has 0 saturated heterocycles. The van der Waals surface area contributed by atoms with E-state index < -0.39 is 4.92 Å². The van der Waals surface area contributed by atoms with Crippen molar-refractivity contribution in [2.75, 3.05) is 6.61 Å². The second kappa shape index (κ2) is 6.88. The molecule has 1 aromatic carbocycles. The van der Waals surface area contributed by atoms with Crippen LogP contribution in [0.2, 0.25) is 0 Å². The fraction of sp³-hybridized carbons (Fsp3) is 0.500. The highest BCUT2D eigenvalue weighted by Gasteiger charge is 2.20. The van der Waals surface area contributed by atoms with Crippen molar-refractivity contribution in [2.45, 2.75) is 39.8 Å². The molecule has 0 bridgehead atoms. The van der Waals surface area contributed by atoms with Crippen molar-refractivity contribution in [1.29, 1.82) is 0 Å². The lowest BCUT2D eigenvalue weighted by atomic mass is 10.2. The summed E-state index contributed by atoms with van der Waals surface area (Å²) in [6.45, 7) is 7.72. The van der Waals surface area contributed by atoms with E-state index in [-0.39, 0.29) is 30.3 Å². The summed E-state index contributed by atoms with van der Waals surface area (Å²) in [5, 5.41) is 10.5. The molecule has 6 nitrogen and oxygen atoms in total. The average Bonchev–Trinajstić information content (AvgIpc) is 2.36. The van der Waals surface area contributed by atoms with E-state index >= 15 is 0 Å². The van der Waals surface area contributed by atoms with Gasteiger partial charge in [-0.05, 0) is 39.8 Å². The zero-order valence-corrected chi connectivity index (χ0v) is 12.2. The Bertz CT molecular complexity index is 461. The lowest BCUT2D eigenvalue weighted by Crippen LogP contribution is -2.44. The molecule has 0 unspecified atom stereocenters. The van der Waals surface area contributed by atoms with Gasteiger partial charge in [0.15, 0.2) is 6.61 Å². The van der Waals surface area contributed by atoms with Gasteiger partial charge in [-0.3, -0.25) is 14.9 Å². The highest BCUT2D eigenvalue weighted by Crippen LogP contribution is 2.17. The van der Waals surface area contributed by atoms with E-state index in [1.165, 1.54) is 24.3 Å². The number of carbonyl (C=O) groups is 1. The monoisotopic (exact) mass is 280 g/mol. The van der Waals surface area contributed by atoms with E-state index in [0.717, 1.165) is 0 Å². The van der Waals surface area contributed by atoms with Crippen molar-refractivity contribution in [3.8, 4) is 5.75 Å². The largest absolute Gasteiger partial charge is 0.484 e. The Balaban J connectivity index is 2.62. The first-order valence-electron chi connectivity index (χ1n) is 6.51. The van der Waals surface area contributed by atoms with Gasteiger partial charge in [0.05, 0.1) is 4.92 Å². The van der Waals surface area contributed by atoms with Crippen LogP contribution in [0.15, 0.2) is 24.3 Å². The van der Waals surface area contributed by atoms with Gasteiger partial charge in [-0.1, -0.05) is 0 Å². The van der Waals surface area contributed by atoms with Crippen molar-refractivity contribution < 1.29 is 14.5 Å². The predicted molar refractivity (Wildman–Crippen MR) is 75.7 cm³/mol. The third-order valence-electron chi connectivity index (χ3n) is 2.81. The van der Waals surface area contributed by atoms with Crippen molar-refractivity contribution >= 4 is 11.6 Å². The van der Waals surface area contributed by atoms with Gasteiger partial charge in [-0.25, -0.2) is 0 Å². The number of non-ortho nitro benzene ring substituents is 1. The number of nitrogens with zero attached hydrogens (tertiary/aromatic N) is 2. The number of amides is 1. The van der Waals surface area contributed by atoms with E-state index in [9.17, 15) is 14.9 Å². The summed E-state index contributed by atoms with van der Waals surface area (Å²) in [7, 11) is 0. The molecule has 20 heavy (non-hydrogen) atoms. The minimum atomic E-state index is -0.478. The van der Waals surface area contributed by atoms with E-state index in [0.29, 0.717) is 5.75 Å². The molecule has 0 fully saturated rings. The van der Waals surface area contributed by atoms with E-state index in [4.69, 9.17) is 4.74 Å². The lowest BCUT2D eigenvalue weighted by Gasteiger charge is -2.30. The first-order chi connectivity index (χ1) is 9.32. The van der Waals surface area contributed by atoms with Crippen LogP contribution in [0.1, 0.15) is 27.7 Å². The molecule has 0 aliphatic carbocycles. The molecule has 0 aliphatic rings. The van der Waals surface area contributed by atoms with Crippen molar-refractivity contribution in [3.63, 3.8) is 0 Å². The number of hydrogen-bond donors (Lipinski definition) is 0. The zero-order valence-electron chi connectivity index (χ0n) is 12.2. The second-order valence-corrected chi connectivity index (χ2v) is 5.03. The normalized spacial score (nSPS) is 10.7. The first kappa shape index (κ1) is 15.9. The number of ether oxygens (including phenoxy) is 1. The molecule has 0 heterocycles. The van der Waals surface area contributed by atoms with Crippen molar-refractivity contribution in [1.82, 2.24) is 4.90 Å². The predicted octanol–water partition coefficient (Wildman–Crippen LogP) is 2.62. The summed E-state index contributed by atoms with van der Waals surface area (Å²) in [5.41, 5.74) is -0.00494. The standard InChI is InChI=1S/C14H20N2O4/c1-10(2)15(11(3)4)14(17)9-20-13-7-5-12(6-8-13)16(18)19/h5-8,10-11H,9H2,1-4H3. The zero-order chi connectivity index (χ0) is 15.3. The summed E-state index contributed by atoms with van der Waals surface area (Å²) in [6.07, 6.45) is 0. The van der Waals surface area contributed by atoms with Crippen LogP contribution in [0.3, 0.4) is 0 Å². The molecule has 6 heteroatoms. The van der Waals surface area contributed by atoms with Gasteiger partial charge >= 0.3 is 0 Å². The molecule has 1 aromatic rings. The summed E-state index contributed by atoms with van der Waals surface area (Å²) in [6, 6.07) is 5.87. The van der Waals surface area contributed by atoms with E-state index in [1.807, 2.05) is 27.7 Å². The Hall–Kier alpha value is -2.11. The summed E-state index contributed by atoms with van der Waals surface area (Å²) < 4.78 is 5.37. The molecule has 0 aliphatic heterocycles. The topological polar surface area (TPSA) is 72.7 Å². The van der Waals surface area contributed by atoms with Crippen LogP contribution in [0.25, 0.3) is 0 Å². The third-order valence-corrected chi connectivity index (χ3v) is 2.81. The first-order valence-corrected chi connectivity index (χ1v) is 6.51. The van der Waals surface area contributed by atoms with Gasteiger partial charge in [0.25, 0.3) is 11.6 Å². The lowest BCUT2D eigenvalue weighted by molar-refractivity contribution is -0.384. The van der Waals surface area contributed by atoms with Gasteiger partial charge in [-0.2, -0.15) is 0 Å². The van der Waals surface area contributed by atoms with E-state index in [2.05, 4.69) is 0 Å². The van der Waals surface area contributed by atoms with Gasteiger partial charge in [0, 0.05) is 24.2 Å². The minimum Gasteiger partial charge on any atom is -0.484 e. The molecule has 0 N–H and O–H groups in total. The molecule has 0 radical (unpaired) electrons. The van der Waals surface area contributed by atoms with Gasteiger partial charge in [0.1, 0.15) is 5.75 Å². The van der Waals surface area contributed by atoms with Crippen LogP contribution in [0.5, 0.6) is 5.75 Å². The summed E-state index contributed by atoms with van der Waals surface area (Å²) in [5.74, 6) is 0.338. The number of benzene rings is 1. The maximum absolute atomic E-state index is 12.1. The molecule has 0 spiro atoms. The highest BCUT2D eigenvalue weighted by molar-refractivity contribution is 5.78. The number of hydrogen-bond acceptors (Lipinski definition) is 4. The maximum Gasteiger partial charge on any atom is 0.269 e. The number of nitro benzene ring substituents is 1. The number of rotatable bonds is 6. The fourth-order valence-electron chi connectivity index (χ4n) is 2.06. The third kappa shape index (κ3) is 4.22. The molecular weight excluding hydrogens is 260 g/mol. The number of carbonyl (C=O) groups excluding carboxylic acids is 1. The molecule has 110 valence electrons. The Labute approximate surface area is 118 Å². The van der Waals surface area contributed by atoms with Crippen LogP contribution in [-0.2, 0) is 4.79 Å². The summed E-state index contributed by atoms with van der Waals surface area (Å²) in [4.78, 5) is 23.9. The van der Waals surface area contributed by atoms with Gasteiger partial charge in [-0.15, -0.1) is 0 Å². The van der Waals surface area contributed by atoms with Crippen molar-refractivity contribution in [3.05, 3.63) is 34.4 Å². The van der Waals surface area contributed by atoms with Gasteiger partial charge in [0.2, 0.25) is 0 Å². The molecule has 1 rings (SSSR count). The maximum atomic E-state index is 12.1. The molecule has 1 amide bonds. The van der Waals surface area contributed by atoms with Crippen LogP contribution < -0.4 is 4.74 Å². The minimum absolute atomic E-state index is 0.00494. The SMILES string of the molecule is CC(C)N(C(=O)COc1ccc([N+](=O)[O-])cc1)C(C)C. The second-order valence-electron chi connectivity index (χ2n) is 5.03. The van der Waals surface area contributed by atoms with Crippen LogP contribution in [-0.4, -0.2) is 34.4 Å². The Morgan fingerprint density at radius 3 is 2.10 bits per heavy atom. The Morgan fingerprint density at radius 1 is 1.20 bits per heavy atom. The fourth-order valence-corrected chi connectivity index (χ4v) is 2.06. The smallest absolute Gasteiger partial charge is 0.269 e. The quantitative estimate of drug-likeness (QED) is 0.593. The van der Waals surface area contributed by atoms with Crippen LogP contribution in [0, 0.1) is 10.1 Å². The Morgan fingerprint density at radius 2 is 1.70 bits per heavy atom. The summed E-state index contributed by atoms with van der Waals surface area (Å²) >= 11 is 0. The molecule has 0 aromatic heterocycles.